The van der Waals surface area contributed by atoms with Gasteiger partial charge in [-0.2, -0.15) is 0 Å². The fourth-order valence-corrected chi connectivity index (χ4v) is 2.63. The van der Waals surface area contributed by atoms with Gasteiger partial charge in [0.1, 0.15) is 18.1 Å². The Morgan fingerprint density at radius 3 is 2.45 bits per heavy atom. The summed E-state index contributed by atoms with van der Waals surface area (Å²) in [4.78, 5) is 24.5. The van der Waals surface area contributed by atoms with Gasteiger partial charge in [-0.25, -0.2) is 0 Å². The molecule has 0 heterocycles. The maximum Gasteiger partial charge on any atom is 0.276 e. The molecule has 0 unspecified atom stereocenters. The Kier molecular flexibility index (Phi) is 8.48. The molecule has 2 N–H and O–H groups in total. The minimum absolute atomic E-state index is 0.213. The van der Waals surface area contributed by atoms with Crippen molar-refractivity contribution in [2.75, 3.05) is 26.9 Å². The number of methoxy groups -OCH3 is 1. The van der Waals surface area contributed by atoms with Gasteiger partial charge in [0.15, 0.2) is 6.61 Å². The SMILES string of the molecule is COCCOc1ccccc1C(=O)NNC(=O)COc1cc(C)ccc1C(C)C. The van der Waals surface area contributed by atoms with Gasteiger partial charge in [-0.3, -0.25) is 20.4 Å². The van der Waals surface area contributed by atoms with Gasteiger partial charge in [0, 0.05) is 7.11 Å². The van der Waals surface area contributed by atoms with Crippen molar-refractivity contribution in [3.05, 3.63) is 59.2 Å². The van der Waals surface area contributed by atoms with Crippen molar-refractivity contribution in [2.45, 2.75) is 26.7 Å². The molecule has 0 atom stereocenters. The minimum atomic E-state index is -0.482. The highest BCUT2D eigenvalue weighted by molar-refractivity contribution is 5.97. The monoisotopic (exact) mass is 400 g/mol. The van der Waals surface area contributed by atoms with Crippen LogP contribution in [0.15, 0.2) is 42.5 Å². The van der Waals surface area contributed by atoms with Crippen molar-refractivity contribution in [1.29, 1.82) is 0 Å². The molecule has 0 aromatic heterocycles. The van der Waals surface area contributed by atoms with Crippen LogP contribution >= 0.6 is 0 Å². The maximum atomic E-state index is 12.4. The number of ether oxygens (including phenoxy) is 3. The molecule has 0 aliphatic rings. The molecule has 7 heteroatoms. The molecular weight excluding hydrogens is 372 g/mol. The van der Waals surface area contributed by atoms with Crippen LogP contribution in [0.3, 0.4) is 0 Å². The number of hydrogen-bond donors (Lipinski definition) is 2. The van der Waals surface area contributed by atoms with Gasteiger partial charge in [0.25, 0.3) is 11.8 Å². The van der Waals surface area contributed by atoms with E-state index in [2.05, 4.69) is 24.7 Å². The predicted molar refractivity (Wildman–Crippen MR) is 110 cm³/mol. The van der Waals surface area contributed by atoms with Gasteiger partial charge < -0.3 is 14.2 Å². The van der Waals surface area contributed by atoms with E-state index in [-0.39, 0.29) is 12.5 Å². The Bertz CT molecular complexity index is 836. The molecule has 0 saturated heterocycles. The van der Waals surface area contributed by atoms with Gasteiger partial charge in [-0.1, -0.05) is 38.1 Å². The minimum Gasteiger partial charge on any atom is -0.490 e. The van der Waals surface area contributed by atoms with Crippen LogP contribution in [0, 0.1) is 6.92 Å². The Hall–Kier alpha value is -3.06. The lowest BCUT2D eigenvalue weighted by Crippen LogP contribution is -2.44. The Morgan fingerprint density at radius 2 is 1.72 bits per heavy atom. The van der Waals surface area contributed by atoms with E-state index in [0.717, 1.165) is 11.1 Å². The smallest absolute Gasteiger partial charge is 0.276 e. The number of para-hydroxylation sites is 1. The Morgan fingerprint density at radius 1 is 0.966 bits per heavy atom. The third-order valence-corrected chi connectivity index (χ3v) is 4.14. The number of aryl methyl sites for hydroxylation is 1. The summed E-state index contributed by atoms with van der Waals surface area (Å²) in [6, 6.07) is 12.7. The van der Waals surface area contributed by atoms with E-state index in [1.807, 2.05) is 25.1 Å². The summed E-state index contributed by atoms with van der Waals surface area (Å²) >= 11 is 0. The second-order valence-electron chi connectivity index (χ2n) is 6.82. The molecule has 0 saturated carbocycles. The lowest BCUT2D eigenvalue weighted by molar-refractivity contribution is -0.123. The lowest BCUT2D eigenvalue weighted by atomic mass is 10.0. The van der Waals surface area contributed by atoms with Crippen LogP contribution in [0.2, 0.25) is 0 Å². The van der Waals surface area contributed by atoms with Crippen LogP contribution in [0.1, 0.15) is 41.3 Å². The fourth-order valence-electron chi connectivity index (χ4n) is 2.63. The highest BCUT2D eigenvalue weighted by atomic mass is 16.5. The second-order valence-corrected chi connectivity index (χ2v) is 6.82. The fraction of sp³-hybridized carbons (Fsp3) is 0.364. The molecule has 156 valence electrons. The Labute approximate surface area is 171 Å². The van der Waals surface area contributed by atoms with Crippen molar-refractivity contribution in [3.63, 3.8) is 0 Å². The summed E-state index contributed by atoms with van der Waals surface area (Å²) in [7, 11) is 1.57. The van der Waals surface area contributed by atoms with E-state index in [9.17, 15) is 9.59 Å². The zero-order valence-corrected chi connectivity index (χ0v) is 17.3. The molecule has 2 rings (SSSR count). The Balaban J connectivity index is 1.90. The molecule has 29 heavy (non-hydrogen) atoms. The quantitative estimate of drug-likeness (QED) is 0.499. The number of hydrazine groups is 1. The number of carbonyl (C=O) groups excluding carboxylic acids is 2. The number of amides is 2. The third kappa shape index (κ3) is 6.80. The molecule has 0 bridgehead atoms. The standard InChI is InChI=1S/C22H28N2O5/c1-15(2)17-10-9-16(3)13-20(17)29-14-21(25)23-24-22(26)18-7-5-6-8-19(18)28-12-11-27-4/h5-10,13,15H,11-12,14H2,1-4H3,(H,23,25)(H,24,26). The summed E-state index contributed by atoms with van der Waals surface area (Å²) < 4.78 is 16.1. The number of nitrogens with one attached hydrogen (secondary N) is 2. The van der Waals surface area contributed by atoms with Crippen LogP contribution in [-0.4, -0.2) is 38.7 Å². The largest absolute Gasteiger partial charge is 0.490 e. The zero-order chi connectivity index (χ0) is 21.2. The van der Waals surface area contributed by atoms with Gasteiger partial charge in [0.05, 0.1) is 12.2 Å². The first kappa shape index (κ1) is 22.2. The third-order valence-electron chi connectivity index (χ3n) is 4.14. The van der Waals surface area contributed by atoms with Crippen molar-refractivity contribution in [1.82, 2.24) is 10.9 Å². The predicted octanol–water partition coefficient (Wildman–Crippen LogP) is 2.98. The van der Waals surface area contributed by atoms with Gasteiger partial charge >= 0.3 is 0 Å². The summed E-state index contributed by atoms with van der Waals surface area (Å²) in [5.74, 6) is 0.396. The number of benzene rings is 2. The van der Waals surface area contributed by atoms with Crippen LogP contribution in [0.25, 0.3) is 0 Å². The summed E-state index contributed by atoms with van der Waals surface area (Å²) in [6.45, 7) is 6.59. The molecule has 0 fully saturated rings. The van der Waals surface area contributed by atoms with Crippen LogP contribution in [-0.2, 0) is 9.53 Å². The maximum absolute atomic E-state index is 12.4. The van der Waals surface area contributed by atoms with E-state index in [1.54, 1.807) is 31.4 Å². The normalized spacial score (nSPS) is 10.5. The summed E-state index contributed by atoms with van der Waals surface area (Å²) in [5.41, 5.74) is 7.13. The number of rotatable bonds is 9. The molecule has 2 amide bonds. The topological polar surface area (TPSA) is 85.9 Å². The highest BCUT2D eigenvalue weighted by Gasteiger charge is 2.14. The van der Waals surface area contributed by atoms with Gasteiger partial charge in [0.2, 0.25) is 0 Å². The molecule has 2 aromatic carbocycles. The van der Waals surface area contributed by atoms with E-state index >= 15 is 0 Å². The molecule has 7 nitrogen and oxygen atoms in total. The molecule has 0 spiro atoms. The highest BCUT2D eigenvalue weighted by Crippen LogP contribution is 2.27. The van der Waals surface area contributed by atoms with Crippen molar-refractivity contribution in [2.24, 2.45) is 0 Å². The van der Waals surface area contributed by atoms with Gasteiger partial charge in [-0.15, -0.1) is 0 Å². The number of carbonyl (C=O) groups is 2. The molecule has 0 aliphatic carbocycles. The summed E-state index contributed by atoms with van der Waals surface area (Å²) in [6.07, 6.45) is 0. The molecular formula is C22H28N2O5. The average Bonchev–Trinajstić information content (AvgIpc) is 2.70. The average molecular weight is 400 g/mol. The van der Waals surface area contributed by atoms with Crippen molar-refractivity contribution < 1.29 is 23.8 Å². The first-order valence-electron chi connectivity index (χ1n) is 9.45. The first-order valence-corrected chi connectivity index (χ1v) is 9.45. The van der Waals surface area contributed by atoms with Crippen LogP contribution in [0.5, 0.6) is 11.5 Å². The van der Waals surface area contributed by atoms with Crippen molar-refractivity contribution in [3.8, 4) is 11.5 Å². The van der Waals surface area contributed by atoms with Crippen LogP contribution in [0.4, 0.5) is 0 Å². The lowest BCUT2D eigenvalue weighted by Gasteiger charge is -2.15. The van der Waals surface area contributed by atoms with E-state index in [0.29, 0.717) is 30.3 Å². The van der Waals surface area contributed by atoms with Crippen LogP contribution < -0.4 is 20.3 Å². The second kappa shape index (κ2) is 11.1. The van der Waals surface area contributed by atoms with Crippen molar-refractivity contribution >= 4 is 11.8 Å². The first-order chi connectivity index (χ1) is 13.9. The zero-order valence-electron chi connectivity index (χ0n) is 17.3. The molecule has 0 aliphatic heterocycles. The summed E-state index contributed by atoms with van der Waals surface area (Å²) in [5, 5.41) is 0. The molecule has 2 aromatic rings. The number of hydrogen-bond acceptors (Lipinski definition) is 5. The van der Waals surface area contributed by atoms with E-state index in [1.165, 1.54) is 0 Å². The molecule has 0 radical (unpaired) electrons. The van der Waals surface area contributed by atoms with Gasteiger partial charge in [-0.05, 0) is 42.2 Å². The van der Waals surface area contributed by atoms with E-state index < -0.39 is 11.8 Å². The van der Waals surface area contributed by atoms with E-state index in [4.69, 9.17) is 14.2 Å².